The fraction of sp³-hybridized carbons (Fsp3) is 0.368. The van der Waals surface area contributed by atoms with Gasteiger partial charge in [-0.1, -0.05) is 67.6 Å². The molecule has 0 unspecified atom stereocenters. The molecule has 2 aromatic rings. The molecule has 2 atom stereocenters. The molecule has 0 aliphatic rings. The van der Waals surface area contributed by atoms with Gasteiger partial charge in [-0.05, 0) is 25.2 Å². The average Bonchev–Trinajstić information content (AvgIpc) is 2.48. The Morgan fingerprint density at radius 1 is 0.952 bits per heavy atom. The van der Waals surface area contributed by atoms with Crippen molar-refractivity contribution in [2.45, 2.75) is 18.9 Å². The van der Waals surface area contributed by atoms with Crippen molar-refractivity contribution in [3.8, 4) is 0 Å². The minimum Gasteiger partial charge on any atom is -0.384 e. The van der Waals surface area contributed by atoms with Crippen LogP contribution in [0.3, 0.4) is 0 Å². The maximum Gasteiger partial charge on any atom is 0.0974 e. The van der Waals surface area contributed by atoms with Crippen molar-refractivity contribution in [3.63, 3.8) is 0 Å². The van der Waals surface area contributed by atoms with Crippen molar-refractivity contribution in [1.82, 2.24) is 4.90 Å². The molecule has 0 saturated heterocycles. The molecule has 0 amide bonds. The third kappa shape index (κ3) is 3.93. The van der Waals surface area contributed by atoms with Crippen LogP contribution >= 0.6 is 0 Å². The molecule has 0 bridgehead atoms. The quantitative estimate of drug-likeness (QED) is 0.879. The van der Waals surface area contributed by atoms with E-state index in [-0.39, 0.29) is 5.92 Å². The third-order valence-electron chi connectivity index (χ3n) is 4.04. The smallest absolute Gasteiger partial charge is 0.0974 e. The highest BCUT2D eigenvalue weighted by molar-refractivity contribution is 5.27. The first-order valence-electron chi connectivity index (χ1n) is 7.49. The predicted molar refractivity (Wildman–Crippen MR) is 88.2 cm³/mol. The van der Waals surface area contributed by atoms with E-state index in [2.05, 4.69) is 24.0 Å². The van der Waals surface area contributed by atoms with Crippen LogP contribution in [0.2, 0.25) is 0 Å². The van der Waals surface area contributed by atoms with Crippen molar-refractivity contribution in [2.24, 2.45) is 5.92 Å². The van der Waals surface area contributed by atoms with Gasteiger partial charge in [0.2, 0.25) is 0 Å². The number of aliphatic hydroxyl groups is 1. The number of benzene rings is 2. The van der Waals surface area contributed by atoms with Crippen LogP contribution in [0.1, 0.15) is 18.1 Å². The Hall–Kier alpha value is -1.64. The maximum atomic E-state index is 11.4. The van der Waals surface area contributed by atoms with Crippen LogP contribution in [0, 0.1) is 5.92 Å². The van der Waals surface area contributed by atoms with E-state index in [1.165, 1.54) is 0 Å². The van der Waals surface area contributed by atoms with E-state index in [1.807, 2.05) is 62.6 Å². The Morgan fingerprint density at radius 2 is 1.48 bits per heavy atom. The van der Waals surface area contributed by atoms with Crippen LogP contribution in [0.5, 0.6) is 0 Å². The minimum atomic E-state index is -0.854. The molecule has 0 saturated carbocycles. The number of hydrogen-bond donors (Lipinski definition) is 1. The van der Waals surface area contributed by atoms with E-state index in [4.69, 9.17) is 0 Å². The summed E-state index contributed by atoms with van der Waals surface area (Å²) >= 11 is 0. The molecule has 0 radical (unpaired) electrons. The van der Waals surface area contributed by atoms with E-state index < -0.39 is 5.60 Å². The molecule has 2 aromatic carbocycles. The van der Waals surface area contributed by atoms with Crippen molar-refractivity contribution in [3.05, 3.63) is 71.8 Å². The van der Waals surface area contributed by atoms with E-state index in [1.54, 1.807) is 0 Å². The zero-order valence-electron chi connectivity index (χ0n) is 13.2. The van der Waals surface area contributed by atoms with Crippen molar-refractivity contribution < 1.29 is 5.11 Å². The topological polar surface area (TPSA) is 23.5 Å². The summed E-state index contributed by atoms with van der Waals surface area (Å²) in [7, 11) is 4.09. The zero-order valence-corrected chi connectivity index (χ0v) is 13.2. The predicted octanol–water partition coefficient (Wildman–Crippen LogP) is 3.31. The molecule has 0 aliphatic carbocycles. The molecule has 2 nitrogen and oxygen atoms in total. The van der Waals surface area contributed by atoms with Crippen molar-refractivity contribution in [1.29, 1.82) is 0 Å². The Balaban J connectivity index is 2.34. The number of hydrogen-bond acceptors (Lipinski definition) is 2. The highest BCUT2D eigenvalue weighted by Gasteiger charge is 2.35. The Labute approximate surface area is 128 Å². The normalized spacial score (nSPS) is 15.7. The lowest BCUT2D eigenvalue weighted by atomic mass is 9.77. The summed E-state index contributed by atoms with van der Waals surface area (Å²) in [5.74, 6) is 0.134. The summed E-state index contributed by atoms with van der Waals surface area (Å²) in [5.41, 5.74) is 1.30. The molecular weight excluding hydrogens is 258 g/mol. The second kappa shape index (κ2) is 6.88. The maximum absolute atomic E-state index is 11.4. The van der Waals surface area contributed by atoms with Gasteiger partial charge in [0.25, 0.3) is 0 Å². The fourth-order valence-corrected chi connectivity index (χ4v) is 2.89. The molecule has 0 heterocycles. The van der Waals surface area contributed by atoms with E-state index in [9.17, 15) is 5.11 Å². The highest BCUT2D eigenvalue weighted by Crippen LogP contribution is 2.33. The van der Waals surface area contributed by atoms with Gasteiger partial charge in [-0.2, -0.15) is 0 Å². The van der Waals surface area contributed by atoms with Crippen LogP contribution < -0.4 is 0 Å². The Bertz CT molecular complexity index is 538. The summed E-state index contributed by atoms with van der Waals surface area (Å²) < 4.78 is 0. The van der Waals surface area contributed by atoms with E-state index in [0.717, 1.165) is 17.7 Å². The number of nitrogens with zero attached hydrogens (tertiary/aromatic N) is 1. The van der Waals surface area contributed by atoms with E-state index in [0.29, 0.717) is 6.42 Å². The Kier molecular flexibility index (Phi) is 5.16. The van der Waals surface area contributed by atoms with Crippen molar-refractivity contribution in [2.75, 3.05) is 20.6 Å². The van der Waals surface area contributed by atoms with Gasteiger partial charge in [0.1, 0.15) is 0 Å². The van der Waals surface area contributed by atoms with Gasteiger partial charge in [-0.3, -0.25) is 0 Å². The number of rotatable bonds is 6. The van der Waals surface area contributed by atoms with Crippen LogP contribution in [-0.2, 0) is 12.0 Å². The second-order valence-corrected chi connectivity index (χ2v) is 6.12. The third-order valence-corrected chi connectivity index (χ3v) is 4.04. The second-order valence-electron chi connectivity index (χ2n) is 6.12. The lowest BCUT2D eigenvalue weighted by molar-refractivity contribution is -0.0254. The lowest BCUT2D eigenvalue weighted by Gasteiger charge is -2.36. The molecule has 0 aliphatic heterocycles. The first kappa shape index (κ1) is 15.7. The first-order valence-corrected chi connectivity index (χ1v) is 7.49. The summed E-state index contributed by atoms with van der Waals surface area (Å²) in [5, 5.41) is 11.4. The van der Waals surface area contributed by atoms with Gasteiger partial charge in [-0.15, -0.1) is 0 Å². The molecular formula is C19H25NO. The first-order chi connectivity index (χ1) is 10.0. The highest BCUT2D eigenvalue weighted by atomic mass is 16.3. The monoisotopic (exact) mass is 283 g/mol. The molecule has 0 aromatic heterocycles. The summed E-state index contributed by atoms with van der Waals surface area (Å²) in [6.07, 6.45) is 0.632. The van der Waals surface area contributed by atoms with Crippen LogP contribution in [0.15, 0.2) is 60.7 Å². The molecule has 112 valence electrons. The van der Waals surface area contributed by atoms with Gasteiger partial charge in [-0.25, -0.2) is 0 Å². The molecule has 2 rings (SSSR count). The van der Waals surface area contributed by atoms with Gasteiger partial charge in [0, 0.05) is 18.9 Å². The summed E-state index contributed by atoms with van der Waals surface area (Å²) in [6, 6.07) is 20.2. The molecule has 1 N–H and O–H groups in total. The molecule has 21 heavy (non-hydrogen) atoms. The van der Waals surface area contributed by atoms with E-state index >= 15 is 0 Å². The zero-order chi connectivity index (χ0) is 15.3. The molecule has 2 heteroatoms. The average molecular weight is 283 g/mol. The van der Waals surface area contributed by atoms with Crippen LogP contribution in [0.25, 0.3) is 0 Å². The SMILES string of the molecule is C[C@H](CN(C)C)[C@@](O)(Cc1ccccc1)c1ccccc1. The van der Waals surface area contributed by atoms with Gasteiger partial charge in [0.05, 0.1) is 5.60 Å². The molecule has 0 fully saturated rings. The van der Waals surface area contributed by atoms with Crippen molar-refractivity contribution >= 4 is 0 Å². The van der Waals surface area contributed by atoms with Gasteiger partial charge < -0.3 is 10.0 Å². The minimum absolute atomic E-state index is 0.134. The van der Waals surface area contributed by atoms with Crippen LogP contribution in [-0.4, -0.2) is 30.6 Å². The summed E-state index contributed by atoms with van der Waals surface area (Å²) in [4.78, 5) is 2.13. The summed E-state index contributed by atoms with van der Waals surface area (Å²) in [6.45, 7) is 2.97. The van der Waals surface area contributed by atoms with Gasteiger partial charge >= 0.3 is 0 Å². The van der Waals surface area contributed by atoms with Crippen LogP contribution in [0.4, 0.5) is 0 Å². The largest absolute Gasteiger partial charge is 0.384 e. The standard InChI is InChI=1S/C19H25NO/c1-16(15-20(2)3)19(21,18-12-8-5-9-13-18)14-17-10-6-4-7-11-17/h4-13,16,21H,14-15H2,1-3H3/t16-,19+/m1/s1. The van der Waals surface area contributed by atoms with Gasteiger partial charge in [0.15, 0.2) is 0 Å². The Morgan fingerprint density at radius 3 is 2.00 bits per heavy atom. The lowest BCUT2D eigenvalue weighted by Crippen LogP contribution is -2.41. The fourth-order valence-electron chi connectivity index (χ4n) is 2.89. The molecule has 0 spiro atoms.